The van der Waals surface area contributed by atoms with Gasteiger partial charge in [0.25, 0.3) is 0 Å². The SMILES string of the molecule is CCNC(=NCc1ccc(Oc2ccccc2)cc1)NCC(C)(O)CN1CCOCC1.I. The van der Waals surface area contributed by atoms with Crippen LogP contribution in [0.2, 0.25) is 0 Å². The number of morpholine rings is 1. The van der Waals surface area contributed by atoms with Crippen LogP contribution in [-0.4, -0.2) is 67.5 Å². The van der Waals surface area contributed by atoms with Crippen LogP contribution < -0.4 is 15.4 Å². The first-order chi connectivity index (χ1) is 15.0. The third-order valence-corrected chi connectivity index (χ3v) is 4.97. The average molecular weight is 554 g/mol. The predicted molar refractivity (Wildman–Crippen MR) is 139 cm³/mol. The summed E-state index contributed by atoms with van der Waals surface area (Å²) < 4.78 is 11.2. The van der Waals surface area contributed by atoms with Crippen LogP contribution in [0.1, 0.15) is 19.4 Å². The molecular weight excluding hydrogens is 519 g/mol. The second kappa shape index (κ2) is 13.6. The number of rotatable bonds is 9. The quantitative estimate of drug-likeness (QED) is 0.251. The van der Waals surface area contributed by atoms with Gasteiger partial charge in [-0.2, -0.15) is 0 Å². The van der Waals surface area contributed by atoms with Crippen molar-refractivity contribution in [3.8, 4) is 11.5 Å². The van der Waals surface area contributed by atoms with Gasteiger partial charge in [-0.3, -0.25) is 4.90 Å². The van der Waals surface area contributed by atoms with Gasteiger partial charge in [0.2, 0.25) is 0 Å². The van der Waals surface area contributed by atoms with Gasteiger partial charge in [-0.25, -0.2) is 4.99 Å². The van der Waals surface area contributed by atoms with Crippen LogP contribution in [0.3, 0.4) is 0 Å². The van der Waals surface area contributed by atoms with Crippen LogP contribution in [0.25, 0.3) is 0 Å². The van der Waals surface area contributed by atoms with E-state index >= 15 is 0 Å². The van der Waals surface area contributed by atoms with Crippen LogP contribution in [0.5, 0.6) is 11.5 Å². The third kappa shape index (κ3) is 9.32. The predicted octanol–water partition coefficient (Wildman–Crippen LogP) is 3.24. The molecule has 1 atom stereocenters. The summed E-state index contributed by atoms with van der Waals surface area (Å²) in [5.74, 6) is 2.30. The second-order valence-electron chi connectivity index (χ2n) is 7.99. The van der Waals surface area contributed by atoms with Crippen molar-refractivity contribution >= 4 is 29.9 Å². The Hall–Kier alpha value is -1.88. The Balaban J connectivity index is 0.00000363. The maximum atomic E-state index is 10.8. The van der Waals surface area contributed by atoms with Gasteiger partial charge in [-0.1, -0.05) is 30.3 Å². The molecule has 2 aromatic rings. The van der Waals surface area contributed by atoms with Gasteiger partial charge in [0.05, 0.1) is 25.4 Å². The van der Waals surface area contributed by atoms with Crippen molar-refractivity contribution < 1.29 is 14.6 Å². The summed E-state index contributed by atoms with van der Waals surface area (Å²) in [6.45, 7) is 9.34. The van der Waals surface area contributed by atoms with E-state index in [1.54, 1.807) is 0 Å². The lowest BCUT2D eigenvalue weighted by atomic mass is 10.1. The Bertz CT molecular complexity index is 810. The summed E-state index contributed by atoms with van der Waals surface area (Å²) in [4.78, 5) is 6.89. The third-order valence-electron chi connectivity index (χ3n) is 4.97. The van der Waals surface area contributed by atoms with E-state index in [1.165, 1.54) is 0 Å². The summed E-state index contributed by atoms with van der Waals surface area (Å²) in [5.41, 5.74) is 0.224. The lowest BCUT2D eigenvalue weighted by molar-refractivity contribution is -0.0201. The van der Waals surface area contributed by atoms with Crippen molar-refractivity contribution in [2.75, 3.05) is 45.9 Å². The number of para-hydroxylation sites is 1. The summed E-state index contributed by atoms with van der Waals surface area (Å²) >= 11 is 0. The van der Waals surface area contributed by atoms with E-state index in [1.807, 2.05) is 68.4 Å². The normalized spacial score (nSPS) is 16.5. The molecule has 0 amide bonds. The van der Waals surface area contributed by atoms with Crippen molar-refractivity contribution in [3.05, 3.63) is 60.2 Å². The van der Waals surface area contributed by atoms with E-state index < -0.39 is 5.60 Å². The molecule has 1 aliphatic rings. The molecular formula is C24H35IN4O3. The van der Waals surface area contributed by atoms with Gasteiger partial charge in [-0.15, -0.1) is 24.0 Å². The highest BCUT2D eigenvalue weighted by Gasteiger charge is 2.25. The minimum Gasteiger partial charge on any atom is -0.457 e. The largest absolute Gasteiger partial charge is 0.457 e. The first-order valence-electron chi connectivity index (χ1n) is 10.9. The number of guanidine groups is 1. The molecule has 7 nitrogen and oxygen atoms in total. The van der Waals surface area contributed by atoms with E-state index in [2.05, 4.69) is 20.5 Å². The minimum atomic E-state index is -0.857. The van der Waals surface area contributed by atoms with Crippen molar-refractivity contribution in [2.24, 2.45) is 4.99 Å². The van der Waals surface area contributed by atoms with E-state index in [0.29, 0.717) is 25.6 Å². The molecule has 176 valence electrons. The van der Waals surface area contributed by atoms with Crippen molar-refractivity contribution in [2.45, 2.75) is 26.0 Å². The van der Waals surface area contributed by atoms with Crippen molar-refractivity contribution in [1.82, 2.24) is 15.5 Å². The second-order valence-corrected chi connectivity index (χ2v) is 7.99. The van der Waals surface area contributed by atoms with Gasteiger partial charge >= 0.3 is 0 Å². The van der Waals surface area contributed by atoms with E-state index in [4.69, 9.17) is 9.47 Å². The number of aliphatic imine (C=N–C) groups is 1. The molecule has 3 N–H and O–H groups in total. The fraction of sp³-hybridized carbons (Fsp3) is 0.458. The maximum absolute atomic E-state index is 10.8. The Morgan fingerprint density at radius 2 is 1.72 bits per heavy atom. The highest BCUT2D eigenvalue weighted by atomic mass is 127. The summed E-state index contributed by atoms with van der Waals surface area (Å²) in [5, 5.41) is 17.3. The lowest BCUT2D eigenvalue weighted by Gasteiger charge is -2.34. The topological polar surface area (TPSA) is 78.4 Å². The zero-order valence-electron chi connectivity index (χ0n) is 18.9. The minimum absolute atomic E-state index is 0. The molecule has 1 heterocycles. The molecule has 0 bridgehead atoms. The summed E-state index contributed by atoms with van der Waals surface area (Å²) in [6.07, 6.45) is 0. The molecule has 0 aliphatic carbocycles. The number of aliphatic hydroxyl groups is 1. The van der Waals surface area contributed by atoms with E-state index in [-0.39, 0.29) is 24.0 Å². The number of nitrogens with one attached hydrogen (secondary N) is 2. The van der Waals surface area contributed by atoms with Crippen LogP contribution in [0.15, 0.2) is 59.6 Å². The van der Waals surface area contributed by atoms with Gasteiger partial charge < -0.3 is 25.2 Å². The van der Waals surface area contributed by atoms with Crippen molar-refractivity contribution in [1.29, 1.82) is 0 Å². The standard InChI is InChI=1S/C24H34N4O3.HI/c1-3-25-23(27-18-24(2,29)19-28-13-15-30-16-14-28)26-17-20-9-11-22(12-10-20)31-21-7-5-4-6-8-21;/h4-12,29H,3,13-19H2,1-2H3,(H2,25,26,27);1H. The summed E-state index contributed by atoms with van der Waals surface area (Å²) in [7, 11) is 0. The molecule has 1 fully saturated rings. The summed E-state index contributed by atoms with van der Waals surface area (Å²) in [6, 6.07) is 17.7. The first-order valence-corrected chi connectivity index (χ1v) is 10.9. The van der Waals surface area contributed by atoms with Gasteiger partial charge in [0.15, 0.2) is 5.96 Å². The van der Waals surface area contributed by atoms with Crippen molar-refractivity contribution in [3.63, 3.8) is 0 Å². The van der Waals surface area contributed by atoms with Gasteiger partial charge in [0.1, 0.15) is 11.5 Å². The van der Waals surface area contributed by atoms with Crippen LogP contribution in [0, 0.1) is 0 Å². The van der Waals surface area contributed by atoms with Gasteiger partial charge in [-0.05, 0) is 43.7 Å². The molecule has 8 heteroatoms. The molecule has 0 radical (unpaired) electrons. The number of hydrogen-bond acceptors (Lipinski definition) is 5. The molecule has 0 saturated carbocycles. The number of benzene rings is 2. The van der Waals surface area contributed by atoms with E-state index in [9.17, 15) is 5.11 Å². The van der Waals surface area contributed by atoms with Crippen LogP contribution in [0.4, 0.5) is 0 Å². The highest BCUT2D eigenvalue weighted by molar-refractivity contribution is 14.0. The number of ether oxygens (including phenoxy) is 2. The molecule has 32 heavy (non-hydrogen) atoms. The Labute approximate surface area is 208 Å². The maximum Gasteiger partial charge on any atom is 0.191 e. The Morgan fingerprint density at radius 3 is 2.38 bits per heavy atom. The molecule has 1 aliphatic heterocycles. The highest BCUT2D eigenvalue weighted by Crippen LogP contribution is 2.21. The molecule has 1 saturated heterocycles. The lowest BCUT2D eigenvalue weighted by Crippen LogP contribution is -2.52. The van der Waals surface area contributed by atoms with E-state index in [0.717, 1.165) is 49.9 Å². The number of nitrogens with zero attached hydrogens (tertiary/aromatic N) is 2. The molecule has 0 spiro atoms. The molecule has 3 rings (SSSR count). The monoisotopic (exact) mass is 554 g/mol. The molecule has 2 aromatic carbocycles. The van der Waals surface area contributed by atoms with Gasteiger partial charge in [0, 0.05) is 32.7 Å². The fourth-order valence-electron chi connectivity index (χ4n) is 3.37. The Kier molecular flexibility index (Phi) is 11.2. The molecule has 1 unspecified atom stereocenters. The zero-order chi connectivity index (χ0) is 21.9. The number of β-amino-alcohol motifs (C(OH)–C–C–N with tert-alkyl or cyclic N) is 1. The zero-order valence-corrected chi connectivity index (χ0v) is 21.2. The Morgan fingerprint density at radius 1 is 1.06 bits per heavy atom. The number of hydrogen-bond donors (Lipinski definition) is 3. The smallest absolute Gasteiger partial charge is 0.191 e. The number of halogens is 1. The van der Waals surface area contributed by atoms with Crippen LogP contribution in [-0.2, 0) is 11.3 Å². The average Bonchev–Trinajstić information content (AvgIpc) is 2.78. The van der Waals surface area contributed by atoms with Crippen LogP contribution >= 0.6 is 24.0 Å². The molecule has 0 aromatic heterocycles. The fourth-order valence-corrected chi connectivity index (χ4v) is 3.37. The first kappa shape index (κ1) is 26.4.